The van der Waals surface area contributed by atoms with Gasteiger partial charge >= 0.3 is 0 Å². The molecule has 1 N–H and O–H groups in total. The summed E-state index contributed by atoms with van der Waals surface area (Å²) in [4.78, 5) is 30.9. The molecule has 4 rings (SSSR count). The number of carbonyl (C=O) groups excluding carboxylic acids is 2. The number of imidazole rings is 1. The number of pyridine rings is 1. The highest BCUT2D eigenvalue weighted by molar-refractivity contribution is 9.10. The highest BCUT2D eigenvalue weighted by Crippen LogP contribution is 2.35. The molecule has 2 aromatic carbocycles. The molecule has 194 valence electrons. The zero-order chi connectivity index (χ0) is 25.8. The molecule has 0 bridgehead atoms. The molecule has 0 saturated heterocycles. The lowest BCUT2D eigenvalue weighted by atomic mass is 10.1. The van der Waals surface area contributed by atoms with Crippen LogP contribution < -0.4 is 15.0 Å². The summed E-state index contributed by atoms with van der Waals surface area (Å²) < 4.78 is 8.75. The second-order valence-corrected chi connectivity index (χ2v) is 9.63. The zero-order valence-electron chi connectivity index (χ0n) is 20.0. The quantitative estimate of drug-likeness (QED) is 0.259. The summed E-state index contributed by atoms with van der Waals surface area (Å²) in [5, 5.41) is 3.36. The minimum absolute atomic E-state index is 0. The lowest BCUT2D eigenvalue weighted by Gasteiger charge is -2.21. The van der Waals surface area contributed by atoms with Crippen LogP contribution in [0.2, 0.25) is 10.0 Å². The zero-order valence-corrected chi connectivity index (χ0v) is 23.9. The Kier molecular flexibility index (Phi) is 9.84. The molecule has 0 unspecified atom stereocenters. The topological polar surface area (TPSA) is 75.9 Å². The van der Waals surface area contributed by atoms with Crippen molar-refractivity contribution in [2.75, 3.05) is 18.5 Å². The molecular formula is C26H24BrCl3N4O3. The first-order valence-corrected chi connectivity index (χ1v) is 12.6. The average molecular weight is 627 g/mol. The van der Waals surface area contributed by atoms with E-state index in [1.165, 1.54) is 4.90 Å². The number of hydrogen-bond acceptors (Lipinski definition) is 4. The molecular weight excluding hydrogens is 603 g/mol. The molecule has 2 amide bonds. The fourth-order valence-corrected chi connectivity index (χ4v) is 4.62. The van der Waals surface area contributed by atoms with E-state index in [4.69, 9.17) is 27.9 Å². The highest BCUT2D eigenvalue weighted by atomic mass is 79.9. The van der Waals surface area contributed by atoms with Crippen LogP contribution in [0.25, 0.3) is 5.65 Å². The second kappa shape index (κ2) is 12.6. The molecule has 0 saturated carbocycles. The summed E-state index contributed by atoms with van der Waals surface area (Å²) in [6, 6.07) is 16.3. The summed E-state index contributed by atoms with van der Waals surface area (Å²) >= 11 is 16.6. The van der Waals surface area contributed by atoms with Gasteiger partial charge in [-0.1, -0.05) is 53.5 Å². The van der Waals surface area contributed by atoms with E-state index in [0.717, 1.165) is 15.9 Å². The van der Waals surface area contributed by atoms with Crippen molar-refractivity contribution in [3.8, 4) is 5.75 Å². The van der Waals surface area contributed by atoms with Crippen LogP contribution in [0, 0.1) is 6.92 Å². The van der Waals surface area contributed by atoms with Crippen LogP contribution in [-0.2, 0) is 22.6 Å². The first-order valence-electron chi connectivity index (χ1n) is 11.1. The summed E-state index contributed by atoms with van der Waals surface area (Å²) in [5.74, 6) is -0.00124. The Hall–Kier alpha value is -2.78. The number of aryl methyl sites for hydroxylation is 1. The Bertz CT molecular complexity index is 1430. The van der Waals surface area contributed by atoms with Crippen LogP contribution in [0.5, 0.6) is 5.75 Å². The summed E-state index contributed by atoms with van der Waals surface area (Å²) in [6.07, 6.45) is 2.08. The van der Waals surface area contributed by atoms with Gasteiger partial charge in [-0.15, -0.1) is 12.4 Å². The first kappa shape index (κ1) is 28.8. The Morgan fingerprint density at radius 1 is 1.11 bits per heavy atom. The maximum absolute atomic E-state index is 12.8. The van der Waals surface area contributed by atoms with E-state index in [-0.39, 0.29) is 43.8 Å². The number of benzene rings is 2. The lowest BCUT2D eigenvalue weighted by Crippen LogP contribution is -2.38. The number of halogens is 4. The van der Waals surface area contributed by atoms with E-state index in [2.05, 4.69) is 26.2 Å². The molecule has 37 heavy (non-hydrogen) atoms. The highest BCUT2D eigenvalue weighted by Gasteiger charge is 2.20. The normalized spacial score (nSPS) is 10.6. The van der Waals surface area contributed by atoms with Gasteiger partial charge < -0.3 is 15.0 Å². The van der Waals surface area contributed by atoms with Crippen LogP contribution in [-0.4, -0.2) is 34.8 Å². The van der Waals surface area contributed by atoms with Gasteiger partial charge in [0.05, 0.1) is 29.4 Å². The molecule has 0 aliphatic rings. The third kappa shape index (κ3) is 6.57. The summed E-state index contributed by atoms with van der Waals surface area (Å²) in [7, 11) is 1.59. The molecule has 11 heteroatoms. The van der Waals surface area contributed by atoms with Crippen LogP contribution in [0.3, 0.4) is 0 Å². The van der Waals surface area contributed by atoms with Gasteiger partial charge in [0.1, 0.15) is 11.2 Å². The predicted molar refractivity (Wildman–Crippen MR) is 152 cm³/mol. The smallest absolute Gasteiger partial charge is 0.246 e. The molecule has 0 spiro atoms. The number of carbonyl (C=O) groups is 2. The number of hydrogen-bond donors (Lipinski definition) is 1. The minimum atomic E-state index is -0.324. The van der Waals surface area contributed by atoms with Crippen molar-refractivity contribution in [3.05, 3.63) is 92.3 Å². The number of ether oxygens (including phenoxy) is 1. The number of rotatable bonds is 8. The van der Waals surface area contributed by atoms with Gasteiger partial charge in [0.15, 0.2) is 11.4 Å². The molecule has 0 radical (unpaired) electrons. The van der Waals surface area contributed by atoms with Crippen molar-refractivity contribution in [1.82, 2.24) is 14.7 Å². The van der Waals surface area contributed by atoms with Gasteiger partial charge in [0, 0.05) is 23.8 Å². The Morgan fingerprint density at radius 3 is 2.57 bits per heavy atom. The van der Waals surface area contributed by atoms with E-state index >= 15 is 0 Å². The molecule has 0 fully saturated rings. The number of anilines is 1. The molecule has 2 aromatic heterocycles. The van der Waals surface area contributed by atoms with Crippen LogP contribution >= 0.6 is 51.5 Å². The number of nitrogens with one attached hydrogen (secondary N) is 1. The number of fused-ring (bicyclic) bond motifs is 1. The maximum Gasteiger partial charge on any atom is 0.246 e. The molecule has 4 aromatic rings. The monoisotopic (exact) mass is 624 g/mol. The largest absolute Gasteiger partial charge is 0.485 e. The second-order valence-electron chi connectivity index (χ2n) is 8.09. The van der Waals surface area contributed by atoms with Gasteiger partial charge in [-0.05, 0) is 52.7 Å². The maximum atomic E-state index is 12.8. The van der Waals surface area contributed by atoms with Crippen molar-refractivity contribution >= 4 is 74.7 Å². The van der Waals surface area contributed by atoms with E-state index in [0.29, 0.717) is 32.7 Å². The van der Waals surface area contributed by atoms with Crippen molar-refractivity contribution in [1.29, 1.82) is 0 Å². The molecule has 0 aliphatic carbocycles. The number of amides is 2. The third-order valence-corrected chi connectivity index (χ3v) is 7.36. The molecule has 0 atom stereocenters. The minimum Gasteiger partial charge on any atom is -0.485 e. The Labute approximate surface area is 239 Å². The molecule has 2 heterocycles. The summed E-state index contributed by atoms with van der Waals surface area (Å²) in [5.41, 5.74) is 3.35. The molecule has 7 nitrogen and oxygen atoms in total. The SMILES string of the molecule is Cc1nc2c(OCc3c(Cl)ccc(N(C)C(=O)CNC(=O)Cc4ccccc4)c3Cl)cccn2c1Br.Cl. The fraction of sp³-hybridized carbons (Fsp3) is 0.192. The van der Waals surface area contributed by atoms with Crippen LogP contribution in [0.1, 0.15) is 16.8 Å². The van der Waals surface area contributed by atoms with Gasteiger partial charge in [-0.3, -0.25) is 14.0 Å². The number of likely N-dealkylation sites (N-methyl/N-ethyl adjacent to an activating group) is 1. The van der Waals surface area contributed by atoms with Gasteiger partial charge in [0.25, 0.3) is 0 Å². The standard InChI is InChI=1S/C26H23BrCl2N4O3.ClH/c1-16-25(27)33-12-6-9-21(26(33)31-16)36-15-18-19(28)10-11-20(24(18)29)32(2)23(35)14-30-22(34)13-17-7-4-3-5-8-17;/h3-12H,13-15H2,1-2H3,(H,30,34);1H. The average Bonchev–Trinajstić information content (AvgIpc) is 3.16. The van der Waals surface area contributed by atoms with E-state index in [9.17, 15) is 9.59 Å². The van der Waals surface area contributed by atoms with Gasteiger partial charge in [-0.2, -0.15) is 0 Å². The summed E-state index contributed by atoms with van der Waals surface area (Å²) in [6.45, 7) is 1.81. The van der Waals surface area contributed by atoms with E-state index in [1.54, 1.807) is 19.2 Å². The van der Waals surface area contributed by atoms with Crippen molar-refractivity contribution in [3.63, 3.8) is 0 Å². The Balaban J connectivity index is 0.00000380. The van der Waals surface area contributed by atoms with Crippen molar-refractivity contribution in [2.45, 2.75) is 20.0 Å². The first-order chi connectivity index (χ1) is 17.3. The number of aromatic nitrogens is 2. The van der Waals surface area contributed by atoms with Gasteiger partial charge in [-0.25, -0.2) is 4.98 Å². The van der Waals surface area contributed by atoms with E-state index in [1.807, 2.05) is 60.0 Å². The van der Waals surface area contributed by atoms with Crippen LogP contribution in [0.15, 0.2) is 65.4 Å². The van der Waals surface area contributed by atoms with Crippen LogP contribution in [0.4, 0.5) is 5.69 Å². The third-order valence-electron chi connectivity index (χ3n) is 5.63. The van der Waals surface area contributed by atoms with Crippen molar-refractivity contribution < 1.29 is 14.3 Å². The lowest BCUT2D eigenvalue weighted by molar-refractivity contribution is -0.124. The number of nitrogens with zero attached hydrogens (tertiary/aromatic N) is 3. The molecule has 0 aliphatic heterocycles. The fourth-order valence-electron chi connectivity index (χ4n) is 3.64. The van der Waals surface area contributed by atoms with Gasteiger partial charge in [0.2, 0.25) is 11.8 Å². The Morgan fingerprint density at radius 2 is 1.84 bits per heavy atom. The van der Waals surface area contributed by atoms with E-state index < -0.39 is 0 Å². The van der Waals surface area contributed by atoms with Crippen molar-refractivity contribution in [2.24, 2.45) is 0 Å². The predicted octanol–water partition coefficient (Wildman–Crippen LogP) is 6.03.